The highest BCUT2D eigenvalue weighted by molar-refractivity contribution is 8.23. The van der Waals surface area contributed by atoms with E-state index in [4.69, 9.17) is 14.6 Å². The van der Waals surface area contributed by atoms with Crippen molar-refractivity contribution in [3.05, 3.63) is 61.8 Å². The molecule has 2 aromatic heterocycles. The number of carbonyl (C=O) groups is 5. The van der Waals surface area contributed by atoms with Gasteiger partial charge in [-0.1, -0.05) is 11.8 Å². The first-order chi connectivity index (χ1) is 22.2. The zero-order valence-electron chi connectivity index (χ0n) is 24.0. The third kappa shape index (κ3) is 5.72. The van der Waals surface area contributed by atoms with E-state index in [0.717, 1.165) is 36.1 Å². The highest BCUT2D eigenvalue weighted by Crippen LogP contribution is 2.51. The van der Waals surface area contributed by atoms with Crippen molar-refractivity contribution < 1.29 is 48.8 Å². The SMILES string of the molecule is C/C(C=c1s/c(=c2/s/c(=C3/SC(=O)N(CC(=O)O)C3=O)n(CC(=O)O)c2=O)n(CC(=O)O)c1=O)=C1\Sc2cc3c(cc2N1C)OCO3. The molecule has 47 heavy (non-hydrogen) atoms. The molecule has 20 heteroatoms. The number of carboxylic acids is 3. The van der Waals surface area contributed by atoms with Gasteiger partial charge in [0.1, 0.15) is 38.4 Å². The molecule has 1 fully saturated rings. The topological polar surface area (TPSA) is 215 Å². The molecule has 0 aliphatic carbocycles. The van der Waals surface area contributed by atoms with Crippen LogP contribution in [0.5, 0.6) is 11.5 Å². The molecule has 0 radical (unpaired) electrons. The lowest BCUT2D eigenvalue weighted by Crippen LogP contribution is -2.35. The number of imide groups is 1. The molecule has 3 aliphatic rings. The van der Waals surface area contributed by atoms with Crippen LogP contribution < -0.4 is 34.7 Å². The highest BCUT2D eigenvalue weighted by atomic mass is 32.2. The van der Waals surface area contributed by atoms with Crippen LogP contribution in [0.15, 0.2) is 37.2 Å². The molecule has 0 bridgehead atoms. The van der Waals surface area contributed by atoms with E-state index in [9.17, 15) is 43.8 Å². The van der Waals surface area contributed by atoms with Gasteiger partial charge in [0.15, 0.2) is 11.5 Å². The summed E-state index contributed by atoms with van der Waals surface area (Å²) in [4.78, 5) is 90.2. The molecule has 1 saturated heterocycles. The highest BCUT2D eigenvalue weighted by Gasteiger charge is 2.38. The molecule has 2 amide bonds. The van der Waals surface area contributed by atoms with Crippen molar-refractivity contribution in [3.63, 3.8) is 0 Å². The van der Waals surface area contributed by atoms with Gasteiger partial charge in [0.25, 0.3) is 22.3 Å². The Hall–Kier alpha value is -4.79. The zero-order chi connectivity index (χ0) is 33.9. The number of anilines is 1. The number of aromatic nitrogens is 2. The summed E-state index contributed by atoms with van der Waals surface area (Å²) in [5.74, 6) is -4.16. The average molecular weight is 721 g/mol. The summed E-state index contributed by atoms with van der Waals surface area (Å²) in [5.41, 5.74) is -0.186. The standard InChI is InChI=1S/C27H20N4O12S4/c1-10(24-28(2)11-4-12-13(43-9-42-12)5-14(11)44-24)3-15-21(38)29(6-16(32)33)25(45-15)19-22(39)30(7-17(34)35)26(46-19)20-23(40)31(8-18(36)37)27(41)47-20/h3-5H,6-9H2,1-2H3,(H,32,33)(H,34,35)(H,36,37)/b15-3?,24-10+,25-19+,26-20+. The van der Waals surface area contributed by atoms with Crippen molar-refractivity contribution in [2.24, 2.45) is 0 Å². The number of aliphatic carboxylic acids is 3. The van der Waals surface area contributed by atoms with Crippen LogP contribution in [0.3, 0.4) is 0 Å². The minimum Gasteiger partial charge on any atom is -0.480 e. The lowest BCUT2D eigenvalue weighted by molar-refractivity contribution is -0.140. The lowest BCUT2D eigenvalue weighted by Gasteiger charge is -2.15. The van der Waals surface area contributed by atoms with Gasteiger partial charge < -0.3 is 29.7 Å². The maximum atomic E-state index is 13.7. The number of benzene rings is 1. The Morgan fingerprint density at radius 2 is 1.47 bits per heavy atom. The smallest absolute Gasteiger partial charge is 0.323 e. The summed E-state index contributed by atoms with van der Waals surface area (Å²) in [6.07, 6.45) is 1.55. The number of hydrogen-bond donors (Lipinski definition) is 3. The number of thioether (sulfide) groups is 2. The Labute approximate surface area is 277 Å². The van der Waals surface area contributed by atoms with E-state index in [1.54, 1.807) is 13.0 Å². The Balaban J connectivity index is 1.58. The maximum absolute atomic E-state index is 13.7. The maximum Gasteiger partial charge on any atom is 0.323 e. The summed E-state index contributed by atoms with van der Waals surface area (Å²) in [5, 5.41) is 28.1. The van der Waals surface area contributed by atoms with Gasteiger partial charge in [-0.2, -0.15) is 0 Å². The quantitative estimate of drug-likeness (QED) is 0.302. The largest absolute Gasteiger partial charge is 0.480 e. The van der Waals surface area contributed by atoms with Crippen molar-refractivity contribution in [2.75, 3.05) is 25.3 Å². The van der Waals surface area contributed by atoms with Crippen LogP contribution in [0.4, 0.5) is 10.5 Å². The van der Waals surface area contributed by atoms with Gasteiger partial charge in [-0.25, -0.2) is 0 Å². The van der Waals surface area contributed by atoms with Gasteiger partial charge >= 0.3 is 17.9 Å². The summed E-state index contributed by atoms with van der Waals surface area (Å²) in [6, 6.07) is 3.68. The first kappa shape index (κ1) is 32.2. The molecule has 6 rings (SSSR count). The first-order valence-electron chi connectivity index (χ1n) is 13.2. The van der Waals surface area contributed by atoms with Gasteiger partial charge in [-0.3, -0.25) is 47.6 Å². The van der Waals surface area contributed by atoms with Crippen molar-refractivity contribution >= 4 is 91.9 Å². The van der Waals surface area contributed by atoms with Gasteiger partial charge in [-0.15, -0.1) is 22.7 Å². The fourth-order valence-electron chi connectivity index (χ4n) is 4.90. The molecule has 3 N–H and O–H groups in total. The van der Waals surface area contributed by atoms with E-state index in [1.807, 2.05) is 24.1 Å². The van der Waals surface area contributed by atoms with Gasteiger partial charge in [-0.05, 0) is 30.3 Å². The van der Waals surface area contributed by atoms with E-state index in [2.05, 4.69) is 0 Å². The van der Waals surface area contributed by atoms with E-state index < -0.39 is 59.8 Å². The summed E-state index contributed by atoms with van der Waals surface area (Å²) in [6.45, 7) is -0.838. The van der Waals surface area contributed by atoms with Crippen LogP contribution >= 0.6 is 46.2 Å². The minimum absolute atomic E-state index is 0.0753. The average Bonchev–Trinajstić information content (AvgIpc) is 3.79. The fraction of sp³-hybridized carbons (Fsp3) is 0.222. The van der Waals surface area contributed by atoms with Crippen molar-refractivity contribution in [2.45, 2.75) is 24.9 Å². The van der Waals surface area contributed by atoms with Crippen LogP contribution in [0, 0.1) is 9.20 Å². The van der Waals surface area contributed by atoms with Gasteiger partial charge in [0.2, 0.25) is 6.79 Å². The van der Waals surface area contributed by atoms with E-state index in [1.165, 1.54) is 11.8 Å². The minimum atomic E-state index is -1.47. The molecular weight excluding hydrogens is 701 g/mol. The Morgan fingerprint density at radius 3 is 2.11 bits per heavy atom. The molecule has 0 unspecified atom stereocenters. The van der Waals surface area contributed by atoms with Crippen LogP contribution in [0.25, 0.3) is 11.0 Å². The fourth-order valence-corrected chi connectivity index (χ4v) is 9.46. The lowest BCUT2D eigenvalue weighted by atomic mass is 10.2. The van der Waals surface area contributed by atoms with Crippen molar-refractivity contribution in [3.8, 4) is 11.5 Å². The number of nitrogens with zero attached hydrogens (tertiary/aromatic N) is 4. The number of carbonyl (C=O) groups excluding carboxylic acids is 2. The molecule has 5 heterocycles. The Kier molecular flexibility index (Phi) is 8.28. The first-order valence-corrected chi connectivity index (χ1v) is 16.5. The second-order valence-electron chi connectivity index (χ2n) is 10.0. The van der Waals surface area contributed by atoms with Gasteiger partial charge in [0, 0.05) is 24.1 Å². The van der Waals surface area contributed by atoms with E-state index in [0.29, 0.717) is 45.1 Å². The van der Waals surface area contributed by atoms with Crippen LogP contribution in [-0.4, -0.2) is 78.8 Å². The number of carboxylic acid groups (broad SMARTS) is 3. The third-order valence-corrected chi connectivity index (χ3v) is 11.8. The zero-order valence-corrected chi connectivity index (χ0v) is 27.3. The molecule has 3 aliphatic heterocycles. The molecule has 244 valence electrons. The number of thiazole rings is 2. The molecular formula is C27H20N4O12S4. The molecule has 0 saturated carbocycles. The number of amides is 2. The number of fused-ring (bicyclic) bond motifs is 2. The molecule has 16 nitrogen and oxygen atoms in total. The number of ether oxygens (including phenoxy) is 2. The second-order valence-corrected chi connectivity index (χ2v) is 14.0. The number of allylic oxidation sites excluding steroid dienone is 1. The van der Waals surface area contributed by atoms with Crippen LogP contribution in [0.1, 0.15) is 6.92 Å². The predicted molar refractivity (Wildman–Crippen MR) is 169 cm³/mol. The van der Waals surface area contributed by atoms with Crippen molar-refractivity contribution in [1.29, 1.82) is 0 Å². The second kappa shape index (κ2) is 12.1. The normalized spacial score (nSPS) is 18.7. The third-order valence-electron chi connectivity index (χ3n) is 6.92. The van der Waals surface area contributed by atoms with Crippen LogP contribution in [-0.2, 0) is 32.3 Å². The summed E-state index contributed by atoms with van der Waals surface area (Å²) in [7, 11) is 1.83. The van der Waals surface area contributed by atoms with Crippen LogP contribution in [0.2, 0.25) is 0 Å². The number of hydrogen-bond acceptors (Lipinski definition) is 14. The Morgan fingerprint density at radius 1 is 0.851 bits per heavy atom. The summed E-state index contributed by atoms with van der Waals surface area (Å²) < 4.78 is 12.0. The van der Waals surface area contributed by atoms with E-state index >= 15 is 0 Å². The monoisotopic (exact) mass is 720 g/mol. The molecule has 0 atom stereocenters. The van der Waals surface area contributed by atoms with Crippen molar-refractivity contribution in [1.82, 2.24) is 14.0 Å². The predicted octanol–water partition coefficient (Wildman–Crippen LogP) is 0.460. The Bertz CT molecular complexity index is 2330. The van der Waals surface area contributed by atoms with E-state index in [-0.39, 0.29) is 30.1 Å². The molecule has 3 aromatic rings. The molecule has 1 aromatic carbocycles. The van der Waals surface area contributed by atoms with Gasteiger partial charge in [0.05, 0.1) is 15.2 Å². The summed E-state index contributed by atoms with van der Waals surface area (Å²) >= 11 is 3.15. The number of rotatable bonds is 7. The molecule has 0 spiro atoms.